The number of benzene rings is 1. The molecular formula is C90H138N8O42. The first-order chi connectivity index (χ1) is 67.0. The number of alkyl carbamates (subject to hydrolysis) is 1. The van der Waals surface area contributed by atoms with Crippen LogP contribution in [0.25, 0.3) is 0 Å². The number of carbonyl (C=O) groups is 17. The third-order valence-corrected chi connectivity index (χ3v) is 20.1. The van der Waals surface area contributed by atoms with Gasteiger partial charge in [0.1, 0.15) is 75.1 Å². The monoisotopic (exact) mass is 2000 g/mol. The molecule has 0 radical (unpaired) electrons. The SMILES string of the molecule is CC(=O)N[C@H]1[C@H](OCCOCCOCCNC(=O)CCO[C@@H]2[C@H](OCCC(=O)NCCOCCOCCO[C@@H]3O[C@H](COC(C)=O)[C@H](OC(C)=O)[C@H](OC(C)=O)[C@H]3NC(C)=O)C=C(C(=O)NCCCCCCNC(=O)OCc3ccccc3)C[C@H]2OCCC(=O)NCCOCCOCCO[C@@H]2O[C@H](COC(C)=O)[C@H](OC(C)=O)[C@H](OC(C)=O)[C@H]2NC(C)=O)O[C@H](COC(C)=O)[C@H](OC(C)=O)[C@@H]1OC(C)=O. The second-order valence-corrected chi connectivity index (χ2v) is 31.9. The summed E-state index contributed by atoms with van der Waals surface area (Å²) in [5.41, 5.74) is 1.07. The minimum atomic E-state index is -1.33. The van der Waals surface area contributed by atoms with E-state index in [1.807, 2.05) is 30.3 Å². The van der Waals surface area contributed by atoms with E-state index in [1.165, 1.54) is 20.8 Å². The summed E-state index contributed by atoms with van der Waals surface area (Å²) < 4.78 is 143. The quantitative estimate of drug-likeness (QED) is 0.0214. The highest BCUT2D eigenvalue weighted by atomic mass is 16.7. The highest BCUT2D eigenvalue weighted by molar-refractivity contribution is 5.94. The van der Waals surface area contributed by atoms with Crippen LogP contribution in [0.2, 0.25) is 0 Å². The normalized spacial score (nSPS) is 23.0. The van der Waals surface area contributed by atoms with Crippen molar-refractivity contribution in [2.45, 2.75) is 251 Å². The molecule has 18 atom stereocenters. The fourth-order valence-corrected chi connectivity index (χ4v) is 14.3. The Hall–Kier alpha value is -10.8. The van der Waals surface area contributed by atoms with Gasteiger partial charge in [-0.1, -0.05) is 43.2 Å². The molecule has 1 aliphatic carbocycles. The van der Waals surface area contributed by atoms with E-state index >= 15 is 0 Å². The van der Waals surface area contributed by atoms with Gasteiger partial charge in [0.25, 0.3) is 0 Å². The Balaban J connectivity index is 1.20. The van der Waals surface area contributed by atoms with Gasteiger partial charge in [-0.15, -0.1) is 0 Å². The molecule has 0 aromatic heterocycles. The summed E-state index contributed by atoms with van der Waals surface area (Å²) in [4.78, 5) is 213. The van der Waals surface area contributed by atoms with Crippen LogP contribution >= 0.6 is 0 Å². The Morgan fingerprint density at radius 3 is 0.971 bits per heavy atom. The Kier molecular flexibility index (Phi) is 58.4. The average Bonchev–Trinajstić information content (AvgIpc) is 0.795. The van der Waals surface area contributed by atoms with E-state index in [4.69, 9.17) is 118 Å². The molecule has 0 bridgehead atoms. The molecule has 0 unspecified atom stereocenters. The van der Waals surface area contributed by atoms with Crippen molar-refractivity contribution in [1.29, 1.82) is 0 Å². The molecule has 1 aromatic carbocycles. The summed E-state index contributed by atoms with van der Waals surface area (Å²) in [6, 6.07) is 5.66. The second-order valence-electron chi connectivity index (χ2n) is 31.9. The first-order valence-corrected chi connectivity index (χ1v) is 46.1. The lowest BCUT2D eigenvalue weighted by Gasteiger charge is -2.44. The van der Waals surface area contributed by atoms with Crippen molar-refractivity contribution in [3.63, 3.8) is 0 Å². The zero-order valence-corrected chi connectivity index (χ0v) is 81.3. The first kappa shape index (κ1) is 120. The third-order valence-electron chi connectivity index (χ3n) is 20.1. The number of unbranched alkanes of at least 4 members (excludes halogenated alkanes) is 3. The van der Waals surface area contributed by atoms with Crippen molar-refractivity contribution in [3.8, 4) is 0 Å². The molecule has 140 heavy (non-hydrogen) atoms. The average molecular weight is 2000 g/mol. The van der Waals surface area contributed by atoms with Gasteiger partial charge in [-0.2, -0.15) is 0 Å². The number of hydrogen-bond acceptors (Lipinski definition) is 42. The molecular weight excluding hydrogens is 1870 g/mol. The van der Waals surface area contributed by atoms with Crippen LogP contribution in [0.1, 0.15) is 140 Å². The summed E-state index contributed by atoms with van der Waals surface area (Å²) in [6.45, 7) is 12.7. The minimum absolute atomic E-state index is 0.0349. The smallest absolute Gasteiger partial charge is 0.407 e. The molecule has 790 valence electrons. The van der Waals surface area contributed by atoms with Gasteiger partial charge in [0.2, 0.25) is 41.4 Å². The topological polar surface area (TPSA) is 617 Å². The molecule has 1 aromatic rings. The lowest BCUT2D eigenvalue weighted by Crippen LogP contribution is -2.66. The molecule has 50 nitrogen and oxygen atoms in total. The zero-order valence-electron chi connectivity index (χ0n) is 81.3. The molecule has 8 N–H and O–H groups in total. The van der Waals surface area contributed by atoms with Crippen molar-refractivity contribution in [3.05, 3.63) is 47.5 Å². The Morgan fingerprint density at radius 1 is 0.307 bits per heavy atom. The molecule has 3 heterocycles. The van der Waals surface area contributed by atoms with Crippen LogP contribution in [0.15, 0.2) is 42.0 Å². The molecule has 5 rings (SSSR count). The fraction of sp³-hybridized carbons (Fsp3) is 0.722. The maximum atomic E-state index is 14.2. The highest BCUT2D eigenvalue weighted by Crippen LogP contribution is 2.33. The van der Waals surface area contributed by atoms with E-state index in [2.05, 4.69) is 42.5 Å². The van der Waals surface area contributed by atoms with Crippen LogP contribution in [0.4, 0.5) is 4.79 Å². The number of nitrogens with one attached hydrogen (secondary N) is 8. The predicted octanol–water partition coefficient (Wildman–Crippen LogP) is -1.29. The maximum Gasteiger partial charge on any atom is 0.407 e. The maximum absolute atomic E-state index is 14.2. The number of amides is 8. The summed E-state index contributed by atoms with van der Waals surface area (Å²) in [7, 11) is 0. The van der Waals surface area contributed by atoms with Crippen LogP contribution in [0.3, 0.4) is 0 Å². The third kappa shape index (κ3) is 50.0. The lowest BCUT2D eigenvalue weighted by molar-refractivity contribution is -0.279. The van der Waals surface area contributed by atoms with Crippen LogP contribution in [0, 0.1) is 0 Å². The van der Waals surface area contributed by atoms with Crippen molar-refractivity contribution in [2.75, 3.05) is 171 Å². The first-order valence-electron chi connectivity index (χ1n) is 46.1. The van der Waals surface area contributed by atoms with Crippen molar-refractivity contribution < 1.29 is 200 Å². The van der Waals surface area contributed by atoms with Gasteiger partial charge in [0.05, 0.1) is 125 Å². The van der Waals surface area contributed by atoms with E-state index in [-0.39, 0.29) is 183 Å². The Labute approximate surface area is 810 Å². The van der Waals surface area contributed by atoms with Gasteiger partial charge in [-0.25, -0.2) is 4.79 Å². The van der Waals surface area contributed by atoms with E-state index in [1.54, 1.807) is 6.08 Å². The second kappa shape index (κ2) is 68.3. The highest BCUT2D eigenvalue weighted by Gasteiger charge is 2.55. The van der Waals surface area contributed by atoms with Gasteiger partial charge >= 0.3 is 59.8 Å². The molecule has 50 heteroatoms. The van der Waals surface area contributed by atoms with Crippen molar-refractivity contribution >= 4 is 101 Å². The van der Waals surface area contributed by atoms with Gasteiger partial charge in [-0.3, -0.25) is 76.7 Å². The molecule has 3 fully saturated rings. The molecule has 3 saturated heterocycles. The fourth-order valence-electron chi connectivity index (χ4n) is 14.3. The molecule has 0 saturated carbocycles. The molecule has 4 aliphatic rings. The summed E-state index contributed by atoms with van der Waals surface area (Å²) in [5, 5.41) is 21.8. The summed E-state index contributed by atoms with van der Waals surface area (Å²) in [5.74, 6) is -10.2. The van der Waals surface area contributed by atoms with Gasteiger partial charge in [0.15, 0.2) is 55.5 Å². The molecule has 3 aliphatic heterocycles. The van der Waals surface area contributed by atoms with E-state index in [9.17, 15) is 81.5 Å². The van der Waals surface area contributed by atoms with E-state index in [0.29, 0.717) is 32.2 Å². The number of esters is 9. The lowest BCUT2D eigenvalue weighted by atomic mass is 9.91. The van der Waals surface area contributed by atoms with Crippen LogP contribution in [-0.2, 0) is 202 Å². The number of ether oxygens (including phenoxy) is 25. The van der Waals surface area contributed by atoms with Crippen LogP contribution in [-0.4, -0.2) is 383 Å². The van der Waals surface area contributed by atoms with E-state index in [0.717, 1.165) is 67.9 Å². The number of hydrogen-bond donors (Lipinski definition) is 8. The van der Waals surface area contributed by atoms with E-state index < -0.39 is 231 Å². The Bertz CT molecular complexity index is 4060. The summed E-state index contributed by atoms with van der Waals surface area (Å²) in [6.07, 6.45) is -15.6. The predicted molar refractivity (Wildman–Crippen MR) is 476 cm³/mol. The van der Waals surface area contributed by atoms with Gasteiger partial charge in [-0.05, 0) is 24.5 Å². The van der Waals surface area contributed by atoms with Gasteiger partial charge in [0, 0.05) is 147 Å². The summed E-state index contributed by atoms with van der Waals surface area (Å²) >= 11 is 0. The van der Waals surface area contributed by atoms with Crippen molar-refractivity contribution in [2.24, 2.45) is 0 Å². The number of rotatable bonds is 67. The van der Waals surface area contributed by atoms with Crippen LogP contribution in [0.5, 0.6) is 0 Å². The molecule has 8 amide bonds. The minimum Gasteiger partial charge on any atom is -0.463 e. The Morgan fingerprint density at radius 2 is 0.629 bits per heavy atom. The largest absolute Gasteiger partial charge is 0.463 e. The number of carbonyl (C=O) groups excluding carboxylic acids is 17. The van der Waals surface area contributed by atoms with Crippen LogP contribution < -0.4 is 42.5 Å². The molecule has 0 spiro atoms. The standard InChI is InChI=1S/C90H138N8O42/c1-54(99)96-76-83(135-63(10)108)80(132-60(7)105)70(51-128-57(4)102)138-87(76)125-45-42-119-39-36-116-33-27-91-73(111)22-30-122-68-48-67(86(114)94-25-18-13-14-19-26-95-90(115)131-50-66-20-16-15-17-21-66)49-69(123-31-23-74(112)92-28-34-117-37-40-120-43-46-126-88-77(97-55(2)100)84(136-64(11)109)81(133-61(8)106)71(139-88)52-129-58(5)103)79(68)124-32-24-75(113)93-29-35-118-38-41-121-44-47-127-89-78(98-56(3)101)85(137-65(12)110)82(134-62(9)107)72(140-89)53-130-59(6)104/h15-17,20-21,48,68-72,76-85,87-89H,13-14,18-19,22-47,49-53H2,1-12H3,(H,91,111)(H,92,112)(H,93,113)(H,94,114)(H,95,115)(H,96,99)(H,97,100)(H,98,101)/t68-,69-,70-,71-,72-,76-,77-,78-,79-,80+,81+,82+,83-,84-,85-,87-,88-,89-/m1/s1. The van der Waals surface area contributed by atoms with Crippen molar-refractivity contribution in [1.82, 2.24) is 42.5 Å². The van der Waals surface area contributed by atoms with Gasteiger partial charge < -0.3 is 161 Å². The zero-order chi connectivity index (χ0) is 103.